The third-order valence-electron chi connectivity index (χ3n) is 3.81. The molecule has 1 heterocycles. The van der Waals surface area contributed by atoms with Crippen LogP contribution >= 0.6 is 0 Å². The first-order chi connectivity index (χ1) is 10.3. The standard InChI is InChI=1S/C16H23NO5/c1-11(2)13(16(21)22)10-12(18)6-4-3-5-9-17-14(19)7-8-15(17)20/h7-8,11,13H,3-6,9-10H2,1-2H3,(H,21,22)/t13-/m0/s1. The van der Waals surface area contributed by atoms with Gasteiger partial charge >= 0.3 is 5.97 Å². The number of rotatable bonds is 10. The van der Waals surface area contributed by atoms with E-state index in [-0.39, 0.29) is 29.9 Å². The summed E-state index contributed by atoms with van der Waals surface area (Å²) in [5.74, 6) is -2.25. The van der Waals surface area contributed by atoms with Crippen LogP contribution in [0.15, 0.2) is 12.2 Å². The van der Waals surface area contributed by atoms with E-state index in [2.05, 4.69) is 0 Å². The van der Waals surface area contributed by atoms with Gasteiger partial charge in [0.2, 0.25) is 0 Å². The van der Waals surface area contributed by atoms with E-state index in [1.54, 1.807) is 13.8 Å². The Labute approximate surface area is 130 Å². The summed E-state index contributed by atoms with van der Waals surface area (Å²) in [5, 5.41) is 9.05. The van der Waals surface area contributed by atoms with Gasteiger partial charge in [-0.1, -0.05) is 20.3 Å². The monoisotopic (exact) mass is 309 g/mol. The van der Waals surface area contributed by atoms with Crippen molar-refractivity contribution >= 4 is 23.6 Å². The molecule has 6 nitrogen and oxygen atoms in total. The molecule has 0 bridgehead atoms. The Morgan fingerprint density at radius 1 is 1.09 bits per heavy atom. The van der Waals surface area contributed by atoms with Gasteiger partial charge in [-0.15, -0.1) is 0 Å². The van der Waals surface area contributed by atoms with Crippen molar-refractivity contribution in [3.05, 3.63) is 12.2 Å². The van der Waals surface area contributed by atoms with Crippen molar-refractivity contribution in [2.75, 3.05) is 6.54 Å². The molecule has 0 aliphatic carbocycles. The molecule has 0 unspecified atom stereocenters. The van der Waals surface area contributed by atoms with E-state index in [0.29, 0.717) is 25.8 Å². The lowest BCUT2D eigenvalue weighted by Crippen LogP contribution is -2.30. The van der Waals surface area contributed by atoms with Crippen molar-refractivity contribution in [3.63, 3.8) is 0 Å². The molecule has 0 fully saturated rings. The van der Waals surface area contributed by atoms with Gasteiger partial charge in [-0.25, -0.2) is 0 Å². The summed E-state index contributed by atoms with van der Waals surface area (Å²) in [5.41, 5.74) is 0. The Morgan fingerprint density at radius 3 is 2.18 bits per heavy atom. The highest BCUT2D eigenvalue weighted by Crippen LogP contribution is 2.18. The number of aliphatic carboxylic acids is 1. The number of hydrogen-bond acceptors (Lipinski definition) is 4. The smallest absolute Gasteiger partial charge is 0.307 e. The van der Waals surface area contributed by atoms with E-state index >= 15 is 0 Å². The molecule has 1 rings (SSSR count). The first-order valence-corrected chi connectivity index (χ1v) is 7.61. The van der Waals surface area contributed by atoms with Crippen LogP contribution in [0.25, 0.3) is 0 Å². The SMILES string of the molecule is CC(C)[C@H](CC(=O)CCCCCN1C(=O)C=CC1=O)C(=O)O. The highest BCUT2D eigenvalue weighted by atomic mass is 16.4. The maximum Gasteiger partial charge on any atom is 0.307 e. The third-order valence-corrected chi connectivity index (χ3v) is 3.81. The number of imide groups is 1. The van der Waals surface area contributed by atoms with Gasteiger partial charge in [0, 0.05) is 31.5 Å². The zero-order valence-electron chi connectivity index (χ0n) is 13.1. The lowest BCUT2D eigenvalue weighted by Gasteiger charge is -2.15. The van der Waals surface area contributed by atoms with Crippen LogP contribution in [-0.2, 0) is 19.2 Å². The highest BCUT2D eigenvalue weighted by Gasteiger charge is 2.24. The number of carboxylic acids is 1. The molecule has 0 aromatic rings. The zero-order valence-corrected chi connectivity index (χ0v) is 13.1. The Kier molecular flexibility index (Phi) is 6.95. The Bertz CT molecular complexity index is 463. The van der Waals surface area contributed by atoms with Crippen molar-refractivity contribution in [2.24, 2.45) is 11.8 Å². The fraction of sp³-hybridized carbons (Fsp3) is 0.625. The molecule has 122 valence electrons. The summed E-state index contributed by atoms with van der Waals surface area (Å²) < 4.78 is 0. The van der Waals surface area contributed by atoms with Gasteiger partial charge in [-0.05, 0) is 18.8 Å². The van der Waals surface area contributed by atoms with Crippen LogP contribution in [0.4, 0.5) is 0 Å². The molecule has 6 heteroatoms. The fourth-order valence-electron chi connectivity index (χ4n) is 2.38. The average Bonchev–Trinajstić information content (AvgIpc) is 2.75. The Hall–Kier alpha value is -1.98. The van der Waals surface area contributed by atoms with E-state index in [1.807, 2.05) is 0 Å². The molecule has 0 spiro atoms. The maximum absolute atomic E-state index is 11.8. The van der Waals surface area contributed by atoms with Gasteiger partial charge in [-0.3, -0.25) is 24.1 Å². The first kappa shape index (κ1) is 18.1. The minimum absolute atomic E-state index is 0.0453. The van der Waals surface area contributed by atoms with Gasteiger partial charge < -0.3 is 5.11 Å². The molecule has 1 N–H and O–H groups in total. The molecule has 1 aliphatic heterocycles. The lowest BCUT2D eigenvalue weighted by atomic mass is 9.89. The number of carboxylic acid groups (broad SMARTS) is 1. The van der Waals surface area contributed by atoms with Gasteiger partial charge in [0.25, 0.3) is 11.8 Å². The second-order valence-corrected chi connectivity index (χ2v) is 5.90. The number of hydrogen-bond donors (Lipinski definition) is 1. The van der Waals surface area contributed by atoms with E-state index < -0.39 is 11.9 Å². The summed E-state index contributed by atoms with van der Waals surface area (Å²) in [7, 11) is 0. The summed E-state index contributed by atoms with van der Waals surface area (Å²) >= 11 is 0. The quantitative estimate of drug-likeness (QED) is 0.490. The van der Waals surface area contributed by atoms with Crippen molar-refractivity contribution in [3.8, 4) is 0 Å². The predicted molar refractivity (Wildman–Crippen MR) is 79.9 cm³/mol. The van der Waals surface area contributed by atoms with Gasteiger partial charge in [0.1, 0.15) is 5.78 Å². The Balaban J connectivity index is 2.19. The number of carbonyl (C=O) groups is 4. The molecule has 0 saturated heterocycles. The average molecular weight is 309 g/mol. The molecule has 0 aromatic heterocycles. The summed E-state index contributed by atoms with van der Waals surface area (Å²) in [6, 6.07) is 0. The van der Waals surface area contributed by atoms with Gasteiger partial charge in [0.15, 0.2) is 0 Å². The fourth-order valence-corrected chi connectivity index (χ4v) is 2.38. The molecule has 22 heavy (non-hydrogen) atoms. The maximum atomic E-state index is 11.8. The summed E-state index contributed by atoms with van der Waals surface area (Å²) in [6.45, 7) is 3.96. The van der Waals surface area contributed by atoms with Crippen molar-refractivity contribution in [2.45, 2.75) is 46.0 Å². The van der Waals surface area contributed by atoms with Crippen LogP contribution in [0.1, 0.15) is 46.0 Å². The molecule has 0 saturated carbocycles. The normalized spacial score (nSPS) is 15.7. The third kappa shape index (κ3) is 5.42. The predicted octanol–water partition coefficient (Wildman–Crippen LogP) is 1.79. The van der Waals surface area contributed by atoms with Crippen LogP contribution < -0.4 is 0 Å². The van der Waals surface area contributed by atoms with Crippen molar-refractivity contribution < 1.29 is 24.3 Å². The molecule has 1 atom stereocenters. The lowest BCUT2D eigenvalue weighted by molar-refractivity contribution is -0.145. The molecular formula is C16H23NO5. The van der Waals surface area contributed by atoms with Crippen LogP contribution in [-0.4, -0.2) is 40.1 Å². The summed E-state index contributed by atoms with van der Waals surface area (Å²) in [4.78, 5) is 46.6. The number of amides is 2. The van der Waals surface area contributed by atoms with E-state index in [0.717, 1.165) is 6.42 Å². The molecular weight excluding hydrogens is 286 g/mol. The molecule has 2 amide bonds. The molecule has 1 aliphatic rings. The number of unbranched alkanes of at least 4 members (excludes halogenated alkanes) is 2. The largest absolute Gasteiger partial charge is 0.481 e. The summed E-state index contributed by atoms with van der Waals surface area (Å²) in [6.07, 6.45) is 4.94. The first-order valence-electron chi connectivity index (χ1n) is 7.61. The number of carbonyl (C=O) groups excluding carboxylic acids is 3. The second kappa shape index (κ2) is 8.46. The highest BCUT2D eigenvalue weighted by molar-refractivity contribution is 6.12. The van der Waals surface area contributed by atoms with Crippen molar-refractivity contribution in [1.29, 1.82) is 0 Å². The molecule has 0 radical (unpaired) electrons. The van der Waals surface area contributed by atoms with Crippen molar-refractivity contribution in [1.82, 2.24) is 4.90 Å². The van der Waals surface area contributed by atoms with Crippen LogP contribution in [0.3, 0.4) is 0 Å². The van der Waals surface area contributed by atoms with E-state index in [4.69, 9.17) is 5.11 Å². The topological polar surface area (TPSA) is 91.8 Å². The van der Waals surface area contributed by atoms with Crippen LogP contribution in [0.2, 0.25) is 0 Å². The van der Waals surface area contributed by atoms with Crippen LogP contribution in [0, 0.1) is 11.8 Å². The minimum Gasteiger partial charge on any atom is -0.481 e. The minimum atomic E-state index is -0.929. The van der Waals surface area contributed by atoms with Gasteiger partial charge in [-0.2, -0.15) is 0 Å². The van der Waals surface area contributed by atoms with Gasteiger partial charge in [0.05, 0.1) is 5.92 Å². The number of Topliss-reactive ketones (excluding diaryl/α,β-unsaturated/α-hetero) is 1. The molecule has 0 aromatic carbocycles. The number of ketones is 1. The van der Waals surface area contributed by atoms with E-state index in [9.17, 15) is 19.2 Å². The van der Waals surface area contributed by atoms with E-state index in [1.165, 1.54) is 17.1 Å². The zero-order chi connectivity index (χ0) is 16.7. The number of nitrogens with zero attached hydrogens (tertiary/aromatic N) is 1. The second-order valence-electron chi connectivity index (χ2n) is 5.90. The Morgan fingerprint density at radius 2 is 1.68 bits per heavy atom. The van der Waals surface area contributed by atoms with Crippen LogP contribution in [0.5, 0.6) is 0 Å².